The molecule has 2 heterocycles. The van der Waals surface area contributed by atoms with Crippen molar-refractivity contribution in [2.75, 3.05) is 45.8 Å². The maximum absolute atomic E-state index is 3.49. The lowest BCUT2D eigenvalue weighted by molar-refractivity contribution is 0.0490. The number of hydrogen-bond donors (Lipinski definition) is 1. The third-order valence-corrected chi connectivity index (χ3v) is 4.18. The molecule has 2 aliphatic heterocycles. The molecule has 0 amide bonds. The minimum Gasteiger partial charge on any atom is -0.317 e. The van der Waals surface area contributed by atoms with Crippen molar-refractivity contribution in [3.63, 3.8) is 0 Å². The molecule has 2 rings (SSSR count). The van der Waals surface area contributed by atoms with Crippen molar-refractivity contribution in [1.82, 2.24) is 15.1 Å². The first-order valence-corrected chi connectivity index (χ1v) is 7.57. The molecule has 1 atom stereocenters. The van der Waals surface area contributed by atoms with Gasteiger partial charge in [0.25, 0.3) is 0 Å². The number of rotatable bonds is 6. The summed E-state index contributed by atoms with van der Waals surface area (Å²) in [5.74, 6) is 0. The molecule has 0 aromatic carbocycles. The second kappa shape index (κ2) is 7.34. The van der Waals surface area contributed by atoms with Crippen LogP contribution in [0.2, 0.25) is 0 Å². The van der Waals surface area contributed by atoms with Gasteiger partial charge in [-0.15, -0.1) is 0 Å². The molecule has 2 saturated heterocycles. The highest BCUT2D eigenvalue weighted by molar-refractivity contribution is 4.84. The molecule has 0 aromatic rings. The van der Waals surface area contributed by atoms with Gasteiger partial charge in [-0.3, -0.25) is 4.90 Å². The topological polar surface area (TPSA) is 18.5 Å². The Hall–Kier alpha value is -0.120. The van der Waals surface area contributed by atoms with Gasteiger partial charge in [-0.05, 0) is 51.9 Å². The third kappa shape index (κ3) is 4.23. The molecule has 0 radical (unpaired) electrons. The maximum atomic E-state index is 3.49. The second-order valence-corrected chi connectivity index (χ2v) is 5.59. The summed E-state index contributed by atoms with van der Waals surface area (Å²) in [7, 11) is 0. The number of piperazine rings is 1. The van der Waals surface area contributed by atoms with Gasteiger partial charge in [0.2, 0.25) is 0 Å². The zero-order valence-electron chi connectivity index (χ0n) is 11.5. The predicted molar refractivity (Wildman–Crippen MR) is 73.4 cm³/mol. The van der Waals surface area contributed by atoms with E-state index in [-0.39, 0.29) is 0 Å². The van der Waals surface area contributed by atoms with Gasteiger partial charge in [0.05, 0.1) is 0 Å². The zero-order chi connectivity index (χ0) is 11.9. The van der Waals surface area contributed by atoms with Gasteiger partial charge in [0.15, 0.2) is 0 Å². The fourth-order valence-electron chi connectivity index (χ4n) is 3.15. The molecule has 100 valence electrons. The van der Waals surface area contributed by atoms with E-state index in [0.717, 1.165) is 6.04 Å². The smallest absolute Gasteiger partial charge is 0.0223 e. The number of piperidine rings is 1. The normalized spacial score (nSPS) is 27.0. The Morgan fingerprint density at radius 1 is 1.12 bits per heavy atom. The van der Waals surface area contributed by atoms with E-state index in [1.165, 1.54) is 77.9 Å². The highest BCUT2D eigenvalue weighted by atomic mass is 15.3. The molecule has 2 fully saturated rings. The molecule has 2 aliphatic rings. The van der Waals surface area contributed by atoms with Crippen molar-refractivity contribution < 1.29 is 0 Å². The van der Waals surface area contributed by atoms with Crippen LogP contribution in [0.15, 0.2) is 0 Å². The largest absolute Gasteiger partial charge is 0.317 e. The summed E-state index contributed by atoms with van der Waals surface area (Å²) in [6, 6.07) is 0.876. The van der Waals surface area contributed by atoms with Crippen molar-refractivity contribution in [2.24, 2.45) is 0 Å². The van der Waals surface area contributed by atoms with Crippen molar-refractivity contribution in [2.45, 2.75) is 45.1 Å². The second-order valence-electron chi connectivity index (χ2n) is 5.59. The molecule has 17 heavy (non-hydrogen) atoms. The molecular weight excluding hydrogens is 210 g/mol. The van der Waals surface area contributed by atoms with Gasteiger partial charge >= 0.3 is 0 Å². The minimum atomic E-state index is 0.876. The first kappa shape index (κ1) is 13.3. The number of nitrogens with zero attached hydrogens (tertiary/aromatic N) is 2. The van der Waals surface area contributed by atoms with Crippen LogP contribution < -0.4 is 5.32 Å². The summed E-state index contributed by atoms with van der Waals surface area (Å²) in [6.45, 7) is 11.2. The van der Waals surface area contributed by atoms with Gasteiger partial charge in [0, 0.05) is 25.7 Å². The van der Waals surface area contributed by atoms with Gasteiger partial charge in [-0.25, -0.2) is 0 Å². The van der Waals surface area contributed by atoms with Crippen LogP contribution in [0.25, 0.3) is 0 Å². The summed E-state index contributed by atoms with van der Waals surface area (Å²) in [5.41, 5.74) is 0. The first-order valence-electron chi connectivity index (χ1n) is 7.57. The van der Waals surface area contributed by atoms with Crippen LogP contribution in [0, 0.1) is 0 Å². The Balaban J connectivity index is 1.59. The van der Waals surface area contributed by atoms with E-state index in [4.69, 9.17) is 0 Å². The lowest BCUT2D eigenvalue weighted by atomic mass is 9.99. The van der Waals surface area contributed by atoms with Gasteiger partial charge in [-0.1, -0.05) is 13.3 Å². The van der Waals surface area contributed by atoms with Crippen LogP contribution >= 0.6 is 0 Å². The summed E-state index contributed by atoms with van der Waals surface area (Å²) in [5, 5.41) is 3.49. The Bertz CT molecular complexity index is 208. The SMILES string of the molecule is CCCNCCCN1CCN2CCCCC2C1. The fraction of sp³-hybridized carbons (Fsp3) is 1.00. The Labute approximate surface area is 107 Å². The van der Waals surface area contributed by atoms with Crippen LogP contribution in [0.5, 0.6) is 0 Å². The monoisotopic (exact) mass is 239 g/mol. The van der Waals surface area contributed by atoms with E-state index in [1.807, 2.05) is 0 Å². The Kier molecular flexibility index (Phi) is 5.75. The van der Waals surface area contributed by atoms with E-state index in [1.54, 1.807) is 0 Å². The van der Waals surface area contributed by atoms with Gasteiger partial charge < -0.3 is 10.2 Å². The highest BCUT2D eigenvalue weighted by Gasteiger charge is 2.28. The molecule has 0 aromatic heterocycles. The van der Waals surface area contributed by atoms with Crippen molar-refractivity contribution in [3.05, 3.63) is 0 Å². The molecule has 0 saturated carbocycles. The van der Waals surface area contributed by atoms with E-state index < -0.39 is 0 Å². The van der Waals surface area contributed by atoms with Crippen LogP contribution in [0.1, 0.15) is 39.0 Å². The van der Waals surface area contributed by atoms with Crippen LogP contribution in [0.4, 0.5) is 0 Å². The molecular formula is C14H29N3. The fourth-order valence-corrected chi connectivity index (χ4v) is 3.15. The maximum Gasteiger partial charge on any atom is 0.0223 e. The summed E-state index contributed by atoms with van der Waals surface area (Å²) >= 11 is 0. The Morgan fingerprint density at radius 3 is 2.94 bits per heavy atom. The molecule has 3 heteroatoms. The molecule has 1 unspecified atom stereocenters. The van der Waals surface area contributed by atoms with Crippen LogP contribution in [0.3, 0.4) is 0 Å². The molecule has 3 nitrogen and oxygen atoms in total. The van der Waals surface area contributed by atoms with Gasteiger partial charge in [0.1, 0.15) is 0 Å². The van der Waals surface area contributed by atoms with Crippen molar-refractivity contribution >= 4 is 0 Å². The number of hydrogen-bond acceptors (Lipinski definition) is 3. The molecule has 0 aliphatic carbocycles. The molecule has 1 N–H and O–H groups in total. The van der Waals surface area contributed by atoms with E-state index >= 15 is 0 Å². The quantitative estimate of drug-likeness (QED) is 0.710. The number of fused-ring (bicyclic) bond motifs is 1. The summed E-state index contributed by atoms with van der Waals surface area (Å²) < 4.78 is 0. The lowest BCUT2D eigenvalue weighted by Crippen LogP contribution is -2.54. The van der Waals surface area contributed by atoms with Gasteiger partial charge in [-0.2, -0.15) is 0 Å². The molecule has 0 bridgehead atoms. The highest BCUT2D eigenvalue weighted by Crippen LogP contribution is 2.20. The standard InChI is InChI=1S/C14H29N3/c1-2-7-15-8-5-9-16-11-12-17-10-4-3-6-14(17)13-16/h14-15H,2-13H2,1H3. The predicted octanol–water partition coefficient (Wildman–Crippen LogP) is 1.55. The third-order valence-electron chi connectivity index (χ3n) is 4.18. The molecule has 0 spiro atoms. The van der Waals surface area contributed by atoms with Crippen LogP contribution in [-0.2, 0) is 0 Å². The average molecular weight is 239 g/mol. The number of nitrogens with one attached hydrogen (secondary N) is 1. The van der Waals surface area contributed by atoms with E-state index in [9.17, 15) is 0 Å². The van der Waals surface area contributed by atoms with E-state index in [2.05, 4.69) is 22.0 Å². The van der Waals surface area contributed by atoms with E-state index in [0.29, 0.717) is 0 Å². The van der Waals surface area contributed by atoms with Crippen molar-refractivity contribution in [1.29, 1.82) is 0 Å². The van der Waals surface area contributed by atoms with Crippen LogP contribution in [-0.4, -0.2) is 61.7 Å². The lowest BCUT2D eigenvalue weighted by Gasteiger charge is -2.44. The summed E-state index contributed by atoms with van der Waals surface area (Å²) in [4.78, 5) is 5.40. The van der Waals surface area contributed by atoms with Crippen molar-refractivity contribution in [3.8, 4) is 0 Å². The minimum absolute atomic E-state index is 0.876. The summed E-state index contributed by atoms with van der Waals surface area (Å²) in [6.07, 6.45) is 6.88. The average Bonchev–Trinajstić information content (AvgIpc) is 2.38. The first-order chi connectivity index (χ1) is 8.40. The zero-order valence-corrected chi connectivity index (χ0v) is 11.5. The Morgan fingerprint density at radius 2 is 2.06 bits per heavy atom.